The number of amides is 1. The molecule has 1 aliphatic rings. The third-order valence-corrected chi connectivity index (χ3v) is 7.20. The van der Waals surface area contributed by atoms with Gasteiger partial charge in [-0.25, -0.2) is 8.42 Å². The minimum Gasteiger partial charge on any atom is -0.350 e. The molecule has 1 heterocycles. The van der Waals surface area contributed by atoms with E-state index in [9.17, 15) is 13.2 Å². The van der Waals surface area contributed by atoms with Crippen molar-refractivity contribution in [3.05, 3.63) is 51.7 Å². The van der Waals surface area contributed by atoms with Crippen LogP contribution in [0.4, 0.5) is 0 Å². The normalized spacial score (nSPS) is 14.7. The van der Waals surface area contributed by atoms with E-state index in [2.05, 4.69) is 5.32 Å². The van der Waals surface area contributed by atoms with E-state index in [0.29, 0.717) is 9.77 Å². The maximum Gasteiger partial charge on any atom is 0.261 e. The lowest BCUT2D eigenvalue weighted by molar-refractivity contribution is 0.0960. The van der Waals surface area contributed by atoms with Gasteiger partial charge in [-0.2, -0.15) is 0 Å². The van der Waals surface area contributed by atoms with Gasteiger partial charge in [-0.15, -0.1) is 11.3 Å². The number of sulfone groups is 1. The second-order valence-corrected chi connectivity index (χ2v) is 9.25. The topological polar surface area (TPSA) is 63.2 Å². The molecule has 1 aliphatic carbocycles. The minimum absolute atomic E-state index is 0.0894. The summed E-state index contributed by atoms with van der Waals surface area (Å²) in [6.45, 7) is 0.124. The van der Waals surface area contributed by atoms with Crippen LogP contribution in [0.15, 0.2) is 41.3 Å². The summed E-state index contributed by atoms with van der Waals surface area (Å²) in [5.41, 5.74) is 1.29. The summed E-state index contributed by atoms with van der Waals surface area (Å²) in [4.78, 5) is 14.6. The highest BCUT2D eigenvalue weighted by molar-refractivity contribution is 7.91. The molecule has 3 rings (SSSR count). The van der Waals surface area contributed by atoms with Crippen molar-refractivity contribution in [2.24, 2.45) is 0 Å². The Kier molecular flexibility index (Phi) is 5.36. The number of nitrogens with one attached hydrogen (secondary N) is 1. The first kappa shape index (κ1) is 17.2. The number of hydrogen-bond acceptors (Lipinski definition) is 4. The molecule has 0 atom stereocenters. The zero-order valence-electron chi connectivity index (χ0n) is 13.5. The lowest BCUT2D eigenvalue weighted by Gasteiger charge is -2.05. The first-order valence-corrected chi connectivity index (χ1v) is 10.7. The lowest BCUT2D eigenvalue weighted by Crippen LogP contribution is -2.28. The molecule has 0 fully saturated rings. The van der Waals surface area contributed by atoms with Crippen LogP contribution in [0.5, 0.6) is 0 Å². The molecule has 0 bridgehead atoms. The lowest BCUT2D eigenvalue weighted by atomic mass is 10.1. The Morgan fingerprint density at radius 3 is 2.62 bits per heavy atom. The molecule has 0 aliphatic heterocycles. The van der Waals surface area contributed by atoms with Crippen LogP contribution < -0.4 is 5.32 Å². The molecule has 0 radical (unpaired) electrons. The number of carbonyl (C=O) groups excluding carboxylic acids is 1. The molecule has 24 heavy (non-hydrogen) atoms. The summed E-state index contributed by atoms with van der Waals surface area (Å²) in [6.07, 6.45) is 5.71. The molecule has 0 saturated carbocycles. The van der Waals surface area contributed by atoms with Gasteiger partial charge < -0.3 is 5.32 Å². The smallest absolute Gasteiger partial charge is 0.261 e. The predicted molar refractivity (Wildman–Crippen MR) is 96.4 cm³/mol. The fraction of sp³-hybridized carbons (Fsp3) is 0.389. The number of benzene rings is 1. The van der Waals surface area contributed by atoms with Crippen LogP contribution in [0.3, 0.4) is 0 Å². The Balaban J connectivity index is 1.58. The van der Waals surface area contributed by atoms with E-state index in [-0.39, 0.29) is 18.2 Å². The Labute approximate surface area is 146 Å². The fourth-order valence-electron chi connectivity index (χ4n) is 2.91. The second-order valence-electron chi connectivity index (χ2n) is 6.01. The van der Waals surface area contributed by atoms with Crippen LogP contribution in [-0.2, 0) is 22.7 Å². The Bertz CT molecular complexity index is 787. The first-order valence-electron chi connectivity index (χ1n) is 8.24. The summed E-state index contributed by atoms with van der Waals surface area (Å²) >= 11 is 1.55. The molecule has 1 amide bonds. The van der Waals surface area contributed by atoms with E-state index in [0.717, 1.165) is 12.8 Å². The number of hydrogen-bond donors (Lipinski definition) is 1. The highest BCUT2D eigenvalue weighted by Gasteiger charge is 2.18. The van der Waals surface area contributed by atoms with E-state index in [1.807, 2.05) is 6.07 Å². The van der Waals surface area contributed by atoms with Gasteiger partial charge in [0.05, 0.1) is 15.5 Å². The van der Waals surface area contributed by atoms with Gasteiger partial charge in [0.15, 0.2) is 9.84 Å². The van der Waals surface area contributed by atoms with Crippen molar-refractivity contribution in [2.75, 3.05) is 12.3 Å². The average molecular weight is 364 g/mol. The predicted octanol–water partition coefficient (Wildman–Crippen LogP) is 3.22. The third-order valence-electron chi connectivity index (χ3n) is 4.23. The number of aryl methyl sites for hydroxylation is 2. The molecule has 128 valence electrons. The molecule has 0 saturated heterocycles. The van der Waals surface area contributed by atoms with Crippen molar-refractivity contribution in [3.8, 4) is 0 Å². The number of thiophene rings is 1. The van der Waals surface area contributed by atoms with Gasteiger partial charge in [-0.3, -0.25) is 4.79 Å². The number of carbonyl (C=O) groups is 1. The SMILES string of the molecule is O=C(NCCS(=O)(=O)c1ccccc1)c1cc2c(s1)CCCCC2. The van der Waals surface area contributed by atoms with Crippen molar-refractivity contribution in [2.45, 2.75) is 37.0 Å². The van der Waals surface area contributed by atoms with E-state index in [4.69, 9.17) is 0 Å². The van der Waals surface area contributed by atoms with Crippen molar-refractivity contribution in [1.82, 2.24) is 5.32 Å². The largest absolute Gasteiger partial charge is 0.350 e. The summed E-state index contributed by atoms with van der Waals surface area (Å²) in [5, 5.41) is 2.74. The Morgan fingerprint density at radius 1 is 1.08 bits per heavy atom. The maximum atomic E-state index is 12.3. The highest BCUT2D eigenvalue weighted by atomic mass is 32.2. The molecular weight excluding hydrogens is 342 g/mol. The molecule has 0 spiro atoms. The van der Waals surface area contributed by atoms with Gasteiger partial charge in [0.2, 0.25) is 0 Å². The minimum atomic E-state index is -3.36. The molecule has 1 aromatic carbocycles. The molecule has 1 N–H and O–H groups in total. The van der Waals surface area contributed by atoms with Crippen molar-refractivity contribution >= 4 is 27.1 Å². The summed E-state index contributed by atoms with van der Waals surface area (Å²) in [5.74, 6) is -0.260. The summed E-state index contributed by atoms with van der Waals surface area (Å²) in [6, 6.07) is 10.3. The first-order chi connectivity index (χ1) is 11.6. The molecule has 4 nitrogen and oxygen atoms in total. The summed E-state index contributed by atoms with van der Waals surface area (Å²) in [7, 11) is -3.36. The Hall–Kier alpha value is -1.66. The average Bonchev–Trinajstić information content (AvgIpc) is 2.86. The highest BCUT2D eigenvalue weighted by Crippen LogP contribution is 2.28. The second kappa shape index (κ2) is 7.49. The van der Waals surface area contributed by atoms with Crippen molar-refractivity contribution < 1.29 is 13.2 Å². The fourth-order valence-corrected chi connectivity index (χ4v) is 5.26. The van der Waals surface area contributed by atoms with Crippen LogP contribution >= 0.6 is 11.3 Å². The molecular formula is C18H21NO3S2. The Morgan fingerprint density at radius 2 is 1.83 bits per heavy atom. The maximum absolute atomic E-state index is 12.3. The van der Waals surface area contributed by atoms with Gasteiger partial charge in [0.25, 0.3) is 5.91 Å². The van der Waals surface area contributed by atoms with E-state index < -0.39 is 9.84 Å². The monoisotopic (exact) mass is 363 g/mol. The van der Waals surface area contributed by atoms with Gasteiger partial charge in [-0.05, 0) is 49.4 Å². The van der Waals surface area contributed by atoms with E-state index >= 15 is 0 Å². The van der Waals surface area contributed by atoms with Crippen LogP contribution in [0, 0.1) is 0 Å². The van der Waals surface area contributed by atoms with Gasteiger partial charge in [0, 0.05) is 11.4 Å². The van der Waals surface area contributed by atoms with Crippen LogP contribution in [-0.4, -0.2) is 26.6 Å². The van der Waals surface area contributed by atoms with Crippen LogP contribution in [0.1, 0.15) is 39.4 Å². The zero-order valence-corrected chi connectivity index (χ0v) is 15.1. The molecule has 2 aromatic rings. The standard InChI is InChI=1S/C18H21NO3S2/c20-18(17-13-14-7-3-1-6-10-16(14)23-17)19-11-12-24(21,22)15-8-4-2-5-9-15/h2,4-5,8-9,13H,1,3,6-7,10-12H2,(H,19,20). The number of rotatable bonds is 5. The molecule has 6 heteroatoms. The molecule has 1 aromatic heterocycles. The van der Waals surface area contributed by atoms with E-state index in [1.54, 1.807) is 41.7 Å². The van der Waals surface area contributed by atoms with Gasteiger partial charge >= 0.3 is 0 Å². The summed E-state index contributed by atoms with van der Waals surface area (Å²) < 4.78 is 24.4. The van der Waals surface area contributed by atoms with E-state index in [1.165, 1.54) is 29.7 Å². The van der Waals surface area contributed by atoms with Crippen LogP contribution in [0.2, 0.25) is 0 Å². The van der Waals surface area contributed by atoms with Crippen LogP contribution in [0.25, 0.3) is 0 Å². The third kappa shape index (κ3) is 4.05. The van der Waals surface area contributed by atoms with Gasteiger partial charge in [0.1, 0.15) is 0 Å². The zero-order chi connectivity index (χ0) is 17.0. The number of fused-ring (bicyclic) bond motifs is 1. The quantitative estimate of drug-likeness (QED) is 0.830. The van der Waals surface area contributed by atoms with Gasteiger partial charge in [-0.1, -0.05) is 24.6 Å². The molecule has 0 unspecified atom stereocenters. The van der Waals surface area contributed by atoms with Crippen molar-refractivity contribution in [1.29, 1.82) is 0 Å². The van der Waals surface area contributed by atoms with Crippen molar-refractivity contribution in [3.63, 3.8) is 0 Å².